The van der Waals surface area contributed by atoms with Gasteiger partial charge in [0.25, 0.3) is 5.89 Å². The molecule has 5 nitrogen and oxygen atoms in total. The summed E-state index contributed by atoms with van der Waals surface area (Å²) in [5.41, 5.74) is 0.250. The van der Waals surface area contributed by atoms with Gasteiger partial charge in [0, 0.05) is 11.1 Å². The second-order valence-electron chi connectivity index (χ2n) is 9.53. The highest BCUT2D eigenvalue weighted by atomic mass is 19.4. The fourth-order valence-corrected chi connectivity index (χ4v) is 3.97. The van der Waals surface area contributed by atoms with Gasteiger partial charge < -0.3 is 9.63 Å². The van der Waals surface area contributed by atoms with Crippen molar-refractivity contribution >= 4 is 5.97 Å². The zero-order valence-corrected chi connectivity index (χ0v) is 20.4. The Morgan fingerprint density at radius 2 is 1.70 bits per heavy atom. The number of carbonyl (C=O) groups is 1. The maximum Gasteiger partial charge on any atom is 0.417 e. The highest BCUT2D eigenvalue weighted by Crippen LogP contribution is 2.40. The quantitative estimate of drug-likeness (QED) is 0.258. The largest absolute Gasteiger partial charge is 0.481 e. The van der Waals surface area contributed by atoms with Gasteiger partial charge in [-0.2, -0.15) is 18.2 Å². The van der Waals surface area contributed by atoms with Crippen molar-refractivity contribution in [1.82, 2.24) is 10.1 Å². The van der Waals surface area contributed by atoms with Crippen molar-refractivity contribution < 1.29 is 32.0 Å². The summed E-state index contributed by atoms with van der Waals surface area (Å²) in [5.74, 6) is -1.67. The van der Waals surface area contributed by atoms with Crippen molar-refractivity contribution in [2.24, 2.45) is 5.41 Å². The molecule has 192 valence electrons. The van der Waals surface area contributed by atoms with Gasteiger partial charge in [0.05, 0.1) is 11.0 Å². The molecule has 37 heavy (non-hydrogen) atoms. The summed E-state index contributed by atoms with van der Waals surface area (Å²) >= 11 is 0. The summed E-state index contributed by atoms with van der Waals surface area (Å²) in [6.45, 7) is 4.91. The third-order valence-corrected chi connectivity index (χ3v) is 6.27. The first-order valence-corrected chi connectivity index (χ1v) is 11.5. The molecule has 1 heterocycles. The van der Waals surface area contributed by atoms with Gasteiger partial charge >= 0.3 is 12.1 Å². The number of aromatic nitrogens is 2. The van der Waals surface area contributed by atoms with E-state index in [9.17, 15) is 27.5 Å². The number of carboxylic acids is 1. The van der Waals surface area contributed by atoms with Crippen LogP contribution in [0.5, 0.6) is 0 Å². The van der Waals surface area contributed by atoms with E-state index in [4.69, 9.17) is 4.52 Å². The molecule has 0 amide bonds. The lowest BCUT2D eigenvalue weighted by Gasteiger charge is -2.18. The molecule has 1 N–H and O–H groups in total. The van der Waals surface area contributed by atoms with Gasteiger partial charge in [0.1, 0.15) is 5.82 Å². The standard InChI is InChI=1S/C28H24F4N2O3/c1-16-6-4-5-7-21(16)22-9-8-18(15-23(22)28(30,31)32)25-33-24(34-37-25)19-12-17(13-20(29)14-19)10-11-27(2,3)26(35)36/h4-9,12-15H,10-11H2,1-3H3,(H,35,36). The molecule has 0 bridgehead atoms. The molecule has 4 rings (SSSR count). The Bertz CT molecular complexity index is 1460. The van der Waals surface area contributed by atoms with Crippen LogP contribution in [0, 0.1) is 18.2 Å². The number of hydrogen-bond donors (Lipinski definition) is 1. The van der Waals surface area contributed by atoms with Crippen LogP contribution in [0.4, 0.5) is 17.6 Å². The Morgan fingerprint density at radius 1 is 0.973 bits per heavy atom. The van der Waals surface area contributed by atoms with Gasteiger partial charge in [-0.3, -0.25) is 4.79 Å². The Kier molecular flexibility index (Phi) is 6.90. The summed E-state index contributed by atoms with van der Waals surface area (Å²) in [7, 11) is 0. The van der Waals surface area contributed by atoms with Crippen LogP contribution in [0.15, 0.2) is 65.2 Å². The molecule has 0 spiro atoms. The first kappa shape index (κ1) is 26.1. The molecule has 9 heteroatoms. The van der Waals surface area contributed by atoms with Crippen molar-refractivity contribution in [3.05, 3.63) is 83.2 Å². The van der Waals surface area contributed by atoms with Crippen LogP contribution in [0.1, 0.15) is 37.0 Å². The molecule has 0 aliphatic carbocycles. The molecule has 1 aromatic heterocycles. The van der Waals surface area contributed by atoms with Crippen LogP contribution in [0.2, 0.25) is 0 Å². The van der Waals surface area contributed by atoms with Crippen molar-refractivity contribution in [2.75, 3.05) is 0 Å². The minimum atomic E-state index is -4.63. The average molecular weight is 513 g/mol. The number of alkyl halides is 3. The number of rotatable bonds is 7. The van der Waals surface area contributed by atoms with E-state index in [0.717, 1.165) is 6.07 Å². The first-order chi connectivity index (χ1) is 17.3. The fourth-order valence-electron chi connectivity index (χ4n) is 3.97. The van der Waals surface area contributed by atoms with E-state index in [-0.39, 0.29) is 34.8 Å². The Labute approximate surface area is 210 Å². The lowest BCUT2D eigenvalue weighted by Crippen LogP contribution is -2.24. The summed E-state index contributed by atoms with van der Waals surface area (Å²) in [6, 6.07) is 14.7. The summed E-state index contributed by atoms with van der Waals surface area (Å²) in [5, 5.41) is 13.1. The van der Waals surface area contributed by atoms with Gasteiger partial charge in [0.15, 0.2) is 0 Å². The van der Waals surface area contributed by atoms with Crippen LogP contribution >= 0.6 is 0 Å². The number of carboxylic acid groups (broad SMARTS) is 1. The van der Waals surface area contributed by atoms with Crippen molar-refractivity contribution in [1.29, 1.82) is 0 Å². The summed E-state index contributed by atoms with van der Waals surface area (Å²) < 4.78 is 61.5. The maximum absolute atomic E-state index is 14.3. The molecule has 0 unspecified atom stereocenters. The van der Waals surface area contributed by atoms with Crippen LogP contribution < -0.4 is 0 Å². The predicted molar refractivity (Wildman–Crippen MR) is 130 cm³/mol. The Hall–Kier alpha value is -4.01. The average Bonchev–Trinajstić information content (AvgIpc) is 3.32. The monoisotopic (exact) mass is 512 g/mol. The van der Waals surface area contributed by atoms with Crippen molar-refractivity contribution in [3.63, 3.8) is 0 Å². The molecule has 3 aromatic carbocycles. The molecule has 0 saturated heterocycles. The van der Waals surface area contributed by atoms with Crippen LogP contribution in [-0.2, 0) is 17.4 Å². The van der Waals surface area contributed by atoms with E-state index >= 15 is 0 Å². The van der Waals surface area contributed by atoms with Gasteiger partial charge in [0.2, 0.25) is 5.82 Å². The minimum absolute atomic E-state index is 0.00443. The van der Waals surface area contributed by atoms with Gasteiger partial charge in [-0.1, -0.05) is 35.5 Å². The van der Waals surface area contributed by atoms with Gasteiger partial charge in [-0.25, -0.2) is 4.39 Å². The molecule has 4 aromatic rings. The third kappa shape index (κ3) is 5.71. The number of aliphatic carboxylic acids is 1. The fraction of sp³-hybridized carbons (Fsp3) is 0.250. The van der Waals surface area contributed by atoms with E-state index in [1.165, 1.54) is 24.3 Å². The smallest absolute Gasteiger partial charge is 0.417 e. The lowest BCUT2D eigenvalue weighted by molar-refractivity contribution is -0.147. The molecule has 0 fully saturated rings. The minimum Gasteiger partial charge on any atom is -0.481 e. The molecule has 0 saturated carbocycles. The van der Waals surface area contributed by atoms with E-state index in [1.807, 2.05) is 0 Å². The van der Waals surface area contributed by atoms with Crippen LogP contribution in [0.3, 0.4) is 0 Å². The zero-order chi connectivity index (χ0) is 27.0. The van der Waals surface area contributed by atoms with Gasteiger partial charge in [-0.15, -0.1) is 0 Å². The van der Waals surface area contributed by atoms with Gasteiger partial charge in [-0.05, 0) is 86.2 Å². The SMILES string of the molecule is Cc1ccccc1-c1ccc(-c2nc(-c3cc(F)cc(CCC(C)(C)C(=O)O)c3)no2)cc1C(F)(F)F. The molecular formula is C28H24F4N2O3. The zero-order valence-electron chi connectivity index (χ0n) is 20.4. The number of benzene rings is 3. The first-order valence-electron chi connectivity index (χ1n) is 11.5. The summed E-state index contributed by atoms with van der Waals surface area (Å²) in [6.07, 6.45) is -4.06. The second kappa shape index (κ2) is 9.80. The molecule has 0 aliphatic heterocycles. The van der Waals surface area contributed by atoms with E-state index in [1.54, 1.807) is 51.1 Å². The molecule has 0 radical (unpaired) electrons. The number of hydrogen-bond acceptors (Lipinski definition) is 4. The number of nitrogens with zero attached hydrogens (tertiary/aromatic N) is 2. The lowest BCUT2D eigenvalue weighted by atomic mass is 9.86. The van der Waals surface area contributed by atoms with E-state index in [2.05, 4.69) is 10.1 Å². The number of halogens is 4. The molecule has 0 atom stereocenters. The predicted octanol–water partition coefficient (Wildman–Crippen LogP) is 7.58. The van der Waals surface area contributed by atoms with Crippen LogP contribution in [-0.4, -0.2) is 21.2 Å². The normalized spacial score (nSPS) is 12.1. The Balaban J connectivity index is 1.67. The second-order valence-corrected chi connectivity index (χ2v) is 9.53. The molecular weight excluding hydrogens is 488 g/mol. The van der Waals surface area contributed by atoms with E-state index in [0.29, 0.717) is 23.1 Å². The van der Waals surface area contributed by atoms with E-state index < -0.39 is 28.9 Å². The van der Waals surface area contributed by atoms with Crippen molar-refractivity contribution in [3.8, 4) is 34.0 Å². The summed E-state index contributed by atoms with van der Waals surface area (Å²) in [4.78, 5) is 15.6. The topological polar surface area (TPSA) is 76.2 Å². The van der Waals surface area contributed by atoms with Crippen LogP contribution in [0.25, 0.3) is 34.0 Å². The number of aryl methyl sites for hydroxylation is 2. The molecule has 0 aliphatic rings. The third-order valence-electron chi connectivity index (χ3n) is 6.27. The Morgan fingerprint density at radius 3 is 2.38 bits per heavy atom. The maximum atomic E-state index is 14.3. The highest BCUT2D eigenvalue weighted by molar-refractivity contribution is 5.75. The highest BCUT2D eigenvalue weighted by Gasteiger charge is 2.35. The van der Waals surface area contributed by atoms with Crippen molar-refractivity contribution in [2.45, 2.75) is 39.8 Å².